The molecule has 7 heteroatoms. The fourth-order valence-corrected chi connectivity index (χ4v) is 11.7. The van der Waals surface area contributed by atoms with Gasteiger partial charge in [0.25, 0.3) is 5.65 Å². The second kappa shape index (κ2) is 21.8. The normalized spacial score (nSPS) is 11.9. The average molecular weight is 1350 g/mol. The van der Waals surface area contributed by atoms with Crippen LogP contribution in [-0.2, 0) is 53.2 Å². The van der Waals surface area contributed by atoms with Crippen LogP contribution < -0.4 is 4.57 Å². The Balaban J connectivity index is 0.000000148. The van der Waals surface area contributed by atoms with Crippen LogP contribution in [0, 0.1) is 45.2 Å². The molecule has 7 aromatic carbocycles. The molecular formula is C69H66Ir2N5-. The van der Waals surface area contributed by atoms with Gasteiger partial charge in [-0.25, -0.2) is 4.57 Å². The number of aryl methyl sites for hydroxylation is 4. The number of hydrogen-bond donors (Lipinski definition) is 0. The predicted octanol–water partition coefficient (Wildman–Crippen LogP) is 17.3. The molecule has 1 aliphatic heterocycles. The van der Waals surface area contributed by atoms with E-state index in [4.69, 9.17) is 4.98 Å². The standard InChI is InChI=1S/C29H29N2.C28H27N2.C12H10N.2Ir/c1-17(2)21-9-7-10-22(18(3)4)28(21)26-16-30-15-20-8-6-11-23-24-14-19(5)12-13-25(24)31(26)29(30)27(20)23;1-18-9-8-10-19(2)26(18)25-17-29-27-22-12-7-6-11-21(22)23-15-20(16-28(3,4)5)13-14-24(23)30(25)27;1-10-6-5-9-13-12(10)11-7-3-2-4-8-11;;/h6-14,16-18H,15H2,1-5H3;6-11,13-15,17H,16H2,1-5H3;2-7,9H,1H3;;/q+1;2*-1;;. The second-order valence-electron chi connectivity index (χ2n) is 22.3. The summed E-state index contributed by atoms with van der Waals surface area (Å²) in [5, 5.41) is 7.70. The Morgan fingerprint density at radius 2 is 1.25 bits per heavy atom. The van der Waals surface area contributed by atoms with Crippen molar-refractivity contribution in [3.63, 3.8) is 0 Å². The Bertz CT molecular complexity index is 4070. The summed E-state index contributed by atoms with van der Waals surface area (Å²) >= 11 is 0. The molecule has 1 aliphatic rings. The van der Waals surface area contributed by atoms with Crippen LogP contribution in [-0.4, -0.2) is 18.8 Å². The molecule has 0 saturated heterocycles. The van der Waals surface area contributed by atoms with Crippen LogP contribution in [0.5, 0.6) is 0 Å². The second-order valence-corrected chi connectivity index (χ2v) is 22.3. The first-order valence-corrected chi connectivity index (χ1v) is 26.4. The van der Waals surface area contributed by atoms with Crippen LogP contribution >= 0.6 is 0 Å². The molecule has 0 saturated carbocycles. The fraction of sp³-hybridized carbons (Fsp3) is 0.232. The van der Waals surface area contributed by atoms with Crippen LogP contribution in [0.4, 0.5) is 0 Å². The van der Waals surface area contributed by atoms with E-state index in [1.807, 2.05) is 48.8 Å². The monoisotopic (exact) mass is 1350 g/mol. The molecule has 13 rings (SSSR count). The van der Waals surface area contributed by atoms with Crippen LogP contribution in [0.15, 0.2) is 164 Å². The van der Waals surface area contributed by atoms with Gasteiger partial charge in [0.1, 0.15) is 18.3 Å². The van der Waals surface area contributed by atoms with E-state index in [9.17, 15) is 0 Å². The molecule has 0 atom stereocenters. The van der Waals surface area contributed by atoms with Crippen LogP contribution in [0.3, 0.4) is 0 Å². The van der Waals surface area contributed by atoms with Crippen molar-refractivity contribution in [1.82, 2.24) is 18.8 Å². The zero-order valence-electron chi connectivity index (χ0n) is 45.6. The van der Waals surface area contributed by atoms with E-state index in [1.165, 1.54) is 105 Å². The number of fused-ring (bicyclic) bond motifs is 9. The Morgan fingerprint density at radius 1 is 0.592 bits per heavy atom. The molecule has 0 N–H and O–H groups in total. The van der Waals surface area contributed by atoms with Gasteiger partial charge in [0.15, 0.2) is 5.69 Å². The maximum atomic E-state index is 4.87. The van der Waals surface area contributed by atoms with Gasteiger partial charge in [-0.1, -0.05) is 144 Å². The van der Waals surface area contributed by atoms with Gasteiger partial charge in [-0.15, -0.1) is 65.5 Å². The molecule has 0 amide bonds. The first-order valence-electron chi connectivity index (χ1n) is 26.4. The van der Waals surface area contributed by atoms with E-state index < -0.39 is 0 Å². The number of aromatic nitrogens is 5. The molecule has 0 aliphatic carbocycles. The summed E-state index contributed by atoms with van der Waals surface area (Å²) in [6.45, 7) is 25.7. The minimum Gasteiger partial charge on any atom is -0.333 e. The quantitative estimate of drug-likeness (QED) is 0.0945. The Kier molecular flexibility index (Phi) is 15.5. The topological polar surface area (TPSA) is 38.5 Å². The minimum absolute atomic E-state index is 0. The molecule has 5 aromatic heterocycles. The van der Waals surface area contributed by atoms with Crippen molar-refractivity contribution in [3.8, 4) is 33.8 Å². The van der Waals surface area contributed by atoms with Gasteiger partial charge in [0, 0.05) is 85.6 Å². The largest absolute Gasteiger partial charge is 0.333 e. The number of hydrogen-bond acceptors (Lipinski definition) is 2. The SMILES string of the molecule is Cc1ccc2c(c1)c1cccc3c1c1n2c(-c2c(C(C)C)cccc2C(C)C)c[n+]1C3.Cc1cccc(C)c1-c1cnc2c3[c-]cccc3c3cc(CC(C)(C)C)ccc3n12.Cc1cccnc1-c1[c-]cccc1.[Ir].[Ir]. The molecule has 0 bridgehead atoms. The van der Waals surface area contributed by atoms with Gasteiger partial charge in [0.05, 0.1) is 16.7 Å². The first-order chi connectivity index (χ1) is 35.7. The summed E-state index contributed by atoms with van der Waals surface area (Å²) in [6, 6.07) is 58.8. The zero-order valence-corrected chi connectivity index (χ0v) is 50.4. The van der Waals surface area contributed by atoms with E-state index >= 15 is 0 Å². The van der Waals surface area contributed by atoms with E-state index in [0.29, 0.717) is 11.8 Å². The molecule has 12 aromatic rings. The maximum absolute atomic E-state index is 4.87. The molecule has 0 fully saturated rings. The van der Waals surface area contributed by atoms with Crippen molar-refractivity contribution in [3.05, 3.63) is 221 Å². The van der Waals surface area contributed by atoms with Gasteiger partial charge >= 0.3 is 0 Å². The van der Waals surface area contributed by atoms with Crippen molar-refractivity contribution in [1.29, 1.82) is 0 Å². The van der Waals surface area contributed by atoms with E-state index in [0.717, 1.165) is 41.0 Å². The van der Waals surface area contributed by atoms with Crippen LogP contribution in [0.1, 0.15) is 105 Å². The van der Waals surface area contributed by atoms with Gasteiger partial charge in [-0.2, -0.15) is 4.40 Å². The zero-order chi connectivity index (χ0) is 51.6. The minimum atomic E-state index is 0. The summed E-state index contributed by atoms with van der Waals surface area (Å²) in [7, 11) is 0. The predicted molar refractivity (Wildman–Crippen MR) is 310 cm³/mol. The molecule has 0 unspecified atom stereocenters. The maximum Gasteiger partial charge on any atom is 0.295 e. The van der Waals surface area contributed by atoms with E-state index in [1.54, 1.807) is 0 Å². The Labute approximate surface area is 475 Å². The third-order valence-corrected chi connectivity index (χ3v) is 14.9. The molecule has 386 valence electrons. The van der Waals surface area contributed by atoms with Crippen molar-refractivity contribution in [2.24, 2.45) is 5.41 Å². The number of nitrogens with zero attached hydrogens (tertiary/aromatic N) is 5. The molecule has 5 nitrogen and oxygen atoms in total. The first kappa shape index (κ1) is 54.2. The van der Waals surface area contributed by atoms with Gasteiger partial charge in [-0.05, 0) is 115 Å². The van der Waals surface area contributed by atoms with E-state index in [2.05, 4.69) is 222 Å². The van der Waals surface area contributed by atoms with Gasteiger partial charge in [0.2, 0.25) is 0 Å². The van der Waals surface area contributed by atoms with Crippen molar-refractivity contribution >= 4 is 54.6 Å². The molecule has 6 heterocycles. The Hall–Kier alpha value is -6.59. The Morgan fingerprint density at radius 3 is 1.95 bits per heavy atom. The van der Waals surface area contributed by atoms with Crippen LogP contribution in [0.2, 0.25) is 0 Å². The molecule has 0 spiro atoms. The summed E-state index contributed by atoms with van der Waals surface area (Å²) < 4.78 is 7.33. The third kappa shape index (κ3) is 9.89. The summed E-state index contributed by atoms with van der Waals surface area (Å²) in [5.41, 5.74) is 23.0. The van der Waals surface area contributed by atoms with E-state index in [-0.39, 0.29) is 45.6 Å². The number of imidazole rings is 2. The smallest absolute Gasteiger partial charge is 0.295 e. The fourth-order valence-electron chi connectivity index (χ4n) is 11.7. The van der Waals surface area contributed by atoms with Gasteiger partial charge < -0.3 is 9.38 Å². The number of benzene rings is 7. The average Bonchev–Trinajstić information content (AvgIpc) is 4.10. The van der Waals surface area contributed by atoms with Gasteiger partial charge in [-0.3, -0.25) is 4.98 Å². The van der Waals surface area contributed by atoms with Crippen molar-refractivity contribution in [2.75, 3.05) is 0 Å². The molecule has 2 radical (unpaired) electrons. The summed E-state index contributed by atoms with van der Waals surface area (Å²) in [4.78, 5) is 9.19. The van der Waals surface area contributed by atoms with Crippen molar-refractivity contribution in [2.45, 2.75) is 101 Å². The summed E-state index contributed by atoms with van der Waals surface area (Å²) in [5.74, 6) is 0.945. The van der Waals surface area contributed by atoms with Crippen molar-refractivity contribution < 1.29 is 44.8 Å². The number of pyridine rings is 3. The summed E-state index contributed by atoms with van der Waals surface area (Å²) in [6.07, 6.45) is 7.28. The number of rotatable bonds is 6. The molecular weight excluding hydrogens is 1280 g/mol. The molecule has 76 heavy (non-hydrogen) atoms. The third-order valence-electron chi connectivity index (χ3n) is 14.9. The van der Waals surface area contributed by atoms with Crippen LogP contribution in [0.25, 0.3) is 88.4 Å².